The van der Waals surface area contributed by atoms with Gasteiger partial charge in [-0.05, 0) is 47.2 Å². The zero-order valence-corrected chi connectivity index (χ0v) is 18.9. The molecule has 2 aromatic carbocycles. The van der Waals surface area contributed by atoms with Gasteiger partial charge in [-0.2, -0.15) is 0 Å². The fourth-order valence-corrected chi connectivity index (χ4v) is 3.67. The van der Waals surface area contributed by atoms with Crippen molar-refractivity contribution in [2.75, 3.05) is 38.5 Å². The van der Waals surface area contributed by atoms with Crippen molar-refractivity contribution in [1.29, 1.82) is 0 Å². The maximum Gasteiger partial charge on any atom is 0.260 e. The summed E-state index contributed by atoms with van der Waals surface area (Å²) in [4.78, 5) is 16.8. The number of amides is 1. The van der Waals surface area contributed by atoms with Gasteiger partial charge in [0.1, 0.15) is 5.75 Å². The van der Waals surface area contributed by atoms with Gasteiger partial charge in [0.2, 0.25) is 0 Å². The van der Waals surface area contributed by atoms with Crippen LogP contribution in [0.3, 0.4) is 0 Å². The minimum absolute atomic E-state index is 0.00138. The fourth-order valence-electron chi connectivity index (χ4n) is 3.54. The maximum absolute atomic E-state index is 12.6. The zero-order chi connectivity index (χ0) is 21.7. The molecule has 0 spiro atoms. The number of anilines is 1. The molecule has 0 aliphatic carbocycles. The number of hydrogen-bond acceptors (Lipinski definition) is 4. The molecule has 30 heavy (non-hydrogen) atoms. The Morgan fingerprint density at radius 1 is 1.10 bits per heavy atom. The molecule has 2 N–H and O–H groups in total. The summed E-state index contributed by atoms with van der Waals surface area (Å²) in [6.07, 6.45) is 1.02. The molecular formula is C24H32ClN3O2. The number of nitrogens with zero attached hydrogens (tertiary/aromatic N) is 2. The maximum atomic E-state index is 12.6. The molecule has 1 fully saturated rings. The Hall–Kier alpha value is -2.24. The third-order valence-electron chi connectivity index (χ3n) is 6.07. The molecule has 0 bridgehead atoms. The molecule has 0 aromatic heterocycles. The number of piperazine rings is 1. The summed E-state index contributed by atoms with van der Waals surface area (Å²) in [6, 6.07) is 13.8. The first kappa shape index (κ1) is 22.4. The minimum atomic E-state index is -0.00138. The number of carbonyl (C=O) groups is 1. The summed E-state index contributed by atoms with van der Waals surface area (Å²) >= 11 is 5.95. The second-order valence-corrected chi connectivity index (χ2v) is 9.00. The lowest BCUT2D eigenvalue weighted by Crippen LogP contribution is -2.49. The SMILES string of the molecule is CCC(C)(C)c1ccc(OCC(=O)N2CCN(Cc3ccc(Cl)cc3)CC2)c(N)c1. The van der Waals surface area contributed by atoms with Crippen LogP contribution in [0.5, 0.6) is 5.75 Å². The topological polar surface area (TPSA) is 58.8 Å². The Morgan fingerprint density at radius 3 is 2.37 bits per heavy atom. The predicted molar refractivity (Wildman–Crippen MR) is 123 cm³/mol. The second kappa shape index (κ2) is 9.71. The van der Waals surface area contributed by atoms with Gasteiger partial charge in [-0.25, -0.2) is 0 Å². The molecule has 1 aliphatic rings. The highest BCUT2D eigenvalue weighted by Gasteiger charge is 2.22. The van der Waals surface area contributed by atoms with Crippen LogP contribution < -0.4 is 10.5 Å². The average Bonchev–Trinajstić information content (AvgIpc) is 2.74. The Labute approximate surface area is 184 Å². The highest BCUT2D eigenvalue weighted by atomic mass is 35.5. The Balaban J connectivity index is 1.47. The van der Waals surface area contributed by atoms with Crippen LogP contribution in [0.25, 0.3) is 0 Å². The number of hydrogen-bond donors (Lipinski definition) is 1. The molecule has 1 amide bonds. The van der Waals surface area contributed by atoms with Gasteiger partial charge in [0.05, 0.1) is 5.69 Å². The Morgan fingerprint density at radius 2 is 1.77 bits per heavy atom. The quantitative estimate of drug-likeness (QED) is 0.665. The van der Waals surface area contributed by atoms with E-state index >= 15 is 0 Å². The second-order valence-electron chi connectivity index (χ2n) is 8.56. The van der Waals surface area contributed by atoms with Crippen LogP contribution in [0.15, 0.2) is 42.5 Å². The Bertz CT molecular complexity index is 859. The molecular weight excluding hydrogens is 398 g/mol. The van der Waals surface area contributed by atoms with Crippen molar-refractivity contribution in [3.63, 3.8) is 0 Å². The van der Waals surface area contributed by atoms with Crippen LogP contribution >= 0.6 is 11.6 Å². The third kappa shape index (κ3) is 5.67. The molecule has 1 heterocycles. The minimum Gasteiger partial charge on any atom is -0.482 e. The predicted octanol–water partition coefficient (Wildman–Crippen LogP) is 4.33. The van der Waals surface area contributed by atoms with Crippen LogP contribution in [0.1, 0.15) is 38.3 Å². The van der Waals surface area contributed by atoms with Gasteiger partial charge < -0.3 is 15.4 Å². The molecule has 1 aliphatic heterocycles. The number of halogens is 1. The van der Waals surface area contributed by atoms with Gasteiger partial charge in [-0.3, -0.25) is 9.69 Å². The molecule has 1 saturated heterocycles. The van der Waals surface area contributed by atoms with E-state index in [4.69, 9.17) is 22.1 Å². The lowest BCUT2D eigenvalue weighted by Gasteiger charge is -2.34. The molecule has 3 rings (SSSR count). The third-order valence-corrected chi connectivity index (χ3v) is 6.32. The summed E-state index contributed by atoms with van der Waals surface area (Å²) in [5.41, 5.74) is 9.22. The zero-order valence-electron chi connectivity index (χ0n) is 18.2. The highest BCUT2D eigenvalue weighted by Crippen LogP contribution is 2.32. The van der Waals surface area contributed by atoms with Crippen LogP contribution in [0.4, 0.5) is 5.69 Å². The van der Waals surface area contributed by atoms with E-state index in [1.807, 2.05) is 47.4 Å². The number of ether oxygens (including phenoxy) is 1. The van der Waals surface area contributed by atoms with Crippen molar-refractivity contribution in [2.45, 2.75) is 39.2 Å². The largest absolute Gasteiger partial charge is 0.482 e. The highest BCUT2D eigenvalue weighted by molar-refractivity contribution is 6.30. The van der Waals surface area contributed by atoms with Crippen molar-refractivity contribution in [1.82, 2.24) is 9.80 Å². The molecule has 5 nitrogen and oxygen atoms in total. The lowest BCUT2D eigenvalue weighted by atomic mass is 9.82. The van der Waals surface area contributed by atoms with Gasteiger partial charge >= 0.3 is 0 Å². The summed E-state index contributed by atoms with van der Waals surface area (Å²) in [6.45, 7) is 10.5. The van der Waals surface area contributed by atoms with Crippen molar-refractivity contribution >= 4 is 23.2 Å². The fraction of sp³-hybridized carbons (Fsp3) is 0.458. The molecule has 0 saturated carbocycles. The van der Waals surface area contributed by atoms with Gasteiger partial charge in [-0.15, -0.1) is 0 Å². The molecule has 162 valence electrons. The van der Waals surface area contributed by atoms with E-state index < -0.39 is 0 Å². The van der Waals surface area contributed by atoms with E-state index in [0.717, 1.165) is 31.1 Å². The van der Waals surface area contributed by atoms with E-state index in [0.29, 0.717) is 24.5 Å². The number of benzene rings is 2. The first-order chi connectivity index (χ1) is 14.3. The summed E-state index contributed by atoms with van der Waals surface area (Å²) in [5, 5.41) is 0.749. The van der Waals surface area contributed by atoms with Crippen molar-refractivity contribution in [2.24, 2.45) is 0 Å². The molecule has 0 unspecified atom stereocenters. The first-order valence-corrected chi connectivity index (χ1v) is 10.9. The van der Waals surface area contributed by atoms with Crippen LogP contribution in [-0.2, 0) is 16.8 Å². The van der Waals surface area contributed by atoms with E-state index in [1.165, 1.54) is 11.1 Å². The summed E-state index contributed by atoms with van der Waals surface area (Å²) in [5.74, 6) is 0.568. The summed E-state index contributed by atoms with van der Waals surface area (Å²) in [7, 11) is 0. The van der Waals surface area contributed by atoms with Crippen molar-refractivity contribution in [3.8, 4) is 5.75 Å². The van der Waals surface area contributed by atoms with Gasteiger partial charge in [0.25, 0.3) is 5.91 Å². The smallest absolute Gasteiger partial charge is 0.260 e. The molecule has 2 aromatic rings. The first-order valence-electron chi connectivity index (χ1n) is 10.6. The van der Waals surface area contributed by atoms with Gasteiger partial charge in [0.15, 0.2) is 6.61 Å². The van der Waals surface area contributed by atoms with Crippen molar-refractivity contribution in [3.05, 3.63) is 58.6 Å². The standard InChI is InChI=1S/C24H32ClN3O2/c1-4-24(2,3)19-7-10-22(21(26)15-19)30-17-23(29)28-13-11-27(12-14-28)16-18-5-8-20(25)9-6-18/h5-10,15H,4,11-14,16-17,26H2,1-3H3. The lowest BCUT2D eigenvalue weighted by molar-refractivity contribution is -0.135. The van der Waals surface area contributed by atoms with Gasteiger partial charge in [0, 0.05) is 37.7 Å². The number of nitrogens with two attached hydrogens (primary N) is 1. The number of nitrogen functional groups attached to an aromatic ring is 1. The molecule has 0 radical (unpaired) electrons. The van der Waals surface area contributed by atoms with E-state index in [1.54, 1.807) is 0 Å². The van der Waals surface area contributed by atoms with Crippen LogP contribution in [-0.4, -0.2) is 48.5 Å². The summed E-state index contributed by atoms with van der Waals surface area (Å²) < 4.78 is 5.74. The van der Waals surface area contributed by atoms with E-state index in [9.17, 15) is 4.79 Å². The normalized spacial score (nSPS) is 15.3. The molecule has 6 heteroatoms. The van der Waals surface area contributed by atoms with Gasteiger partial charge in [-0.1, -0.05) is 50.6 Å². The monoisotopic (exact) mass is 429 g/mol. The van der Waals surface area contributed by atoms with Crippen molar-refractivity contribution < 1.29 is 9.53 Å². The van der Waals surface area contributed by atoms with E-state index in [-0.39, 0.29) is 17.9 Å². The average molecular weight is 430 g/mol. The van der Waals surface area contributed by atoms with Crippen LogP contribution in [0.2, 0.25) is 5.02 Å². The number of carbonyl (C=O) groups excluding carboxylic acids is 1. The molecule has 0 atom stereocenters. The van der Waals surface area contributed by atoms with E-state index in [2.05, 4.69) is 25.7 Å². The number of rotatable bonds is 7. The Kier molecular flexibility index (Phi) is 7.27. The van der Waals surface area contributed by atoms with Crippen LogP contribution in [0, 0.1) is 0 Å².